The fraction of sp³-hybridized carbons (Fsp3) is 0.111. The molecule has 1 aromatic carbocycles. The van der Waals surface area contributed by atoms with Crippen LogP contribution in [0.15, 0.2) is 22.9 Å². The third-order valence-electron chi connectivity index (χ3n) is 1.85. The molecule has 0 saturated carbocycles. The van der Waals surface area contributed by atoms with Crippen molar-refractivity contribution in [3.63, 3.8) is 0 Å². The molecule has 66 valence electrons. The van der Waals surface area contributed by atoms with Crippen LogP contribution in [0, 0.1) is 6.92 Å². The van der Waals surface area contributed by atoms with Gasteiger partial charge in [0.05, 0.1) is 5.52 Å². The van der Waals surface area contributed by atoms with Gasteiger partial charge in [-0.15, -0.1) is 0 Å². The van der Waals surface area contributed by atoms with Gasteiger partial charge in [0, 0.05) is 9.86 Å². The molecule has 0 amide bonds. The second kappa shape index (κ2) is 3.24. The summed E-state index contributed by atoms with van der Waals surface area (Å²) < 4.78 is 0.995. The van der Waals surface area contributed by atoms with E-state index >= 15 is 0 Å². The van der Waals surface area contributed by atoms with E-state index < -0.39 is 0 Å². The van der Waals surface area contributed by atoms with E-state index in [1.165, 1.54) is 6.33 Å². The van der Waals surface area contributed by atoms with Crippen molar-refractivity contribution in [2.24, 2.45) is 0 Å². The highest BCUT2D eigenvalue weighted by Crippen LogP contribution is 2.25. The molecule has 0 N–H and O–H groups in total. The van der Waals surface area contributed by atoms with Gasteiger partial charge in [-0.3, -0.25) is 0 Å². The number of hydrogen-bond donors (Lipinski definition) is 0. The summed E-state index contributed by atoms with van der Waals surface area (Å²) in [5.41, 5.74) is 2.00. The second-order valence-corrected chi connectivity index (χ2v) is 4.06. The maximum Gasteiger partial charge on any atom is 0.140 e. The molecule has 0 fully saturated rings. The summed E-state index contributed by atoms with van der Waals surface area (Å²) >= 11 is 9.33. The van der Waals surface area contributed by atoms with E-state index in [4.69, 9.17) is 11.6 Å². The van der Waals surface area contributed by atoms with Gasteiger partial charge in [-0.05, 0) is 24.6 Å². The van der Waals surface area contributed by atoms with Crippen molar-refractivity contribution in [2.45, 2.75) is 6.92 Å². The molecule has 0 unspecified atom stereocenters. The summed E-state index contributed by atoms with van der Waals surface area (Å²) in [6, 6.07) is 3.93. The Hall–Kier alpha value is -0.670. The zero-order chi connectivity index (χ0) is 9.42. The number of nitrogens with zero attached hydrogens (tertiary/aromatic N) is 2. The molecule has 0 atom stereocenters. The highest BCUT2D eigenvalue weighted by molar-refractivity contribution is 9.10. The fourth-order valence-corrected chi connectivity index (χ4v) is 2.03. The van der Waals surface area contributed by atoms with E-state index in [0.717, 1.165) is 20.9 Å². The van der Waals surface area contributed by atoms with Gasteiger partial charge in [-0.2, -0.15) is 0 Å². The lowest BCUT2D eigenvalue weighted by molar-refractivity contribution is 1.21. The van der Waals surface area contributed by atoms with Crippen molar-refractivity contribution in [3.8, 4) is 0 Å². The predicted octanol–water partition coefficient (Wildman–Crippen LogP) is 3.35. The van der Waals surface area contributed by atoms with E-state index in [2.05, 4.69) is 25.9 Å². The SMILES string of the molecule is Cc1cc(Br)cc2c(Cl)ncnc12. The van der Waals surface area contributed by atoms with Crippen LogP contribution in [0.25, 0.3) is 10.9 Å². The average molecular weight is 258 g/mol. The Morgan fingerprint density at radius 1 is 1.31 bits per heavy atom. The minimum atomic E-state index is 0.495. The highest BCUT2D eigenvalue weighted by Gasteiger charge is 2.04. The number of rotatable bonds is 0. The summed E-state index contributed by atoms with van der Waals surface area (Å²) in [6.45, 7) is 2.00. The molecule has 0 aliphatic carbocycles. The molecule has 0 bridgehead atoms. The molecular weight excluding hydrogens is 251 g/mol. The molecule has 0 aliphatic heterocycles. The van der Waals surface area contributed by atoms with E-state index in [1.807, 2.05) is 19.1 Å². The van der Waals surface area contributed by atoms with Gasteiger partial charge < -0.3 is 0 Å². The minimum Gasteiger partial charge on any atom is -0.236 e. The molecule has 1 heterocycles. The molecule has 0 aliphatic rings. The summed E-state index contributed by atoms with van der Waals surface area (Å²) in [5, 5.41) is 1.38. The lowest BCUT2D eigenvalue weighted by atomic mass is 10.1. The van der Waals surface area contributed by atoms with Crippen LogP contribution < -0.4 is 0 Å². The molecule has 2 aromatic rings. The van der Waals surface area contributed by atoms with Gasteiger partial charge in [0.15, 0.2) is 0 Å². The third kappa shape index (κ3) is 1.54. The molecule has 4 heteroatoms. The quantitative estimate of drug-likeness (QED) is 0.676. The normalized spacial score (nSPS) is 10.7. The molecular formula is C9H6BrClN2. The first-order valence-corrected chi connectivity index (χ1v) is 4.92. The first-order chi connectivity index (χ1) is 6.18. The number of hydrogen-bond acceptors (Lipinski definition) is 2. The molecule has 2 nitrogen and oxygen atoms in total. The van der Waals surface area contributed by atoms with Crippen LogP contribution in [0.3, 0.4) is 0 Å². The number of fused-ring (bicyclic) bond motifs is 1. The molecule has 13 heavy (non-hydrogen) atoms. The van der Waals surface area contributed by atoms with Crippen LogP contribution in [-0.4, -0.2) is 9.97 Å². The van der Waals surface area contributed by atoms with E-state index in [9.17, 15) is 0 Å². The van der Waals surface area contributed by atoms with Gasteiger partial charge in [-0.1, -0.05) is 27.5 Å². The molecule has 0 radical (unpaired) electrons. The lowest BCUT2D eigenvalue weighted by Crippen LogP contribution is -1.86. The van der Waals surface area contributed by atoms with Crippen LogP contribution in [0.2, 0.25) is 5.15 Å². The van der Waals surface area contributed by atoms with Crippen molar-refractivity contribution in [2.75, 3.05) is 0 Å². The molecule has 0 spiro atoms. The van der Waals surface area contributed by atoms with E-state index in [0.29, 0.717) is 5.15 Å². The Morgan fingerprint density at radius 2 is 2.08 bits per heavy atom. The summed E-state index contributed by atoms with van der Waals surface area (Å²) in [6.07, 6.45) is 1.48. The monoisotopic (exact) mass is 256 g/mol. The smallest absolute Gasteiger partial charge is 0.140 e. The fourth-order valence-electron chi connectivity index (χ4n) is 1.27. The number of aryl methyl sites for hydroxylation is 1. The molecule has 0 saturated heterocycles. The van der Waals surface area contributed by atoms with E-state index in [-0.39, 0.29) is 0 Å². The van der Waals surface area contributed by atoms with Crippen LogP contribution in [0.1, 0.15) is 5.56 Å². The maximum absolute atomic E-state index is 5.93. The van der Waals surface area contributed by atoms with Crippen molar-refractivity contribution >= 4 is 38.4 Å². The Kier molecular flexibility index (Phi) is 2.22. The Labute approximate surface area is 89.1 Å². The summed E-state index contributed by atoms with van der Waals surface area (Å²) in [5.74, 6) is 0. The Morgan fingerprint density at radius 3 is 2.85 bits per heavy atom. The lowest BCUT2D eigenvalue weighted by Gasteiger charge is -2.02. The van der Waals surface area contributed by atoms with Gasteiger partial charge in [-0.25, -0.2) is 9.97 Å². The third-order valence-corrected chi connectivity index (χ3v) is 2.60. The minimum absolute atomic E-state index is 0.495. The zero-order valence-corrected chi connectivity index (χ0v) is 9.22. The van der Waals surface area contributed by atoms with Crippen LogP contribution in [0.4, 0.5) is 0 Å². The van der Waals surface area contributed by atoms with Crippen LogP contribution in [0.5, 0.6) is 0 Å². The van der Waals surface area contributed by atoms with Gasteiger partial charge in [0.2, 0.25) is 0 Å². The van der Waals surface area contributed by atoms with Crippen molar-refractivity contribution < 1.29 is 0 Å². The molecule has 2 rings (SSSR count). The number of benzene rings is 1. The number of halogens is 2. The topological polar surface area (TPSA) is 25.8 Å². The van der Waals surface area contributed by atoms with E-state index in [1.54, 1.807) is 0 Å². The maximum atomic E-state index is 5.93. The standard InChI is InChI=1S/C9H6BrClN2/c1-5-2-6(10)3-7-8(5)12-4-13-9(7)11/h2-4H,1H3. The van der Waals surface area contributed by atoms with Crippen molar-refractivity contribution in [3.05, 3.63) is 33.6 Å². The van der Waals surface area contributed by atoms with Gasteiger partial charge in [0.1, 0.15) is 11.5 Å². The van der Waals surface area contributed by atoms with Crippen molar-refractivity contribution in [1.82, 2.24) is 9.97 Å². The Balaban J connectivity index is 2.94. The second-order valence-electron chi connectivity index (χ2n) is 2.78. The largest absolute Gasteiger partial charge is 0.236 e. The summed E-state index contributed by atoms with van der Waals surface area (Å²) in [7, 11) is 0. The Bertz CT molecular complexity index is 470. The molecule has 1 aromatic heterocycles. The van der Waals surface area contributed by atoms with Crippen molar-refractivity contribution in [1.29, 1.82) is 0 Å². The predicted molar refractivity (Wildman–Crippen MR) is 57.0 cm³/mol. The van der Waals surface area contributed by atoms with Gasteiger partial charge >= 0.3 is 0 Å². The van der Waals surface area contributed by atoms with Gasteiger partial charge in [0.25, 0.3) is 0 Å². The summed E-state index contributed by atoms with van der Waals surface area (Å²) in [4.78, 5) is 8.09. The van der Waals surface area contributed by atoms with Crippen LogP contribution >= 0.6 is 27.5 Å². The first-order valence-electron chi connectivity index (χ1n) is 3.75. The zero-order valence-electron chi connectivity index (χ0n) is 6.88. The average Bonchev–Trinajstić information content (AvgIpc) is 2.07. The first kappa shape index (κ1) is 8.91. The highest BCUT2D eigenvalue weighted by atomic mass is 79.9. The number of aromatic nitrogens is 2. The van der Waals surface area contributed by atoms with Crippen LogP contribution in [-0.2, 0) is 0 Å².